The molecule has 0 saturated carbocycles. The average Bonchev–Trinajstić information content (AvgIpc) is 2.13. The first-order chi connectivity index (χ1) is 5.93. The Bertz CT molecular complexity index is 169. The first-order valence-electron chi connectivity index (χ1n) is 4.55. The molecule has 0 aromatic heterocycles. The predicted octanol–water partition coefficient (Wildman–Crippen LogP) is 0.265. The number of rotatable bonds is 5. The summed E-state index contributed by atoms with van der Waals surface area (Å²) in [6.07, 6.45) is 0.396. The zero-order valence-corrected chi connectivity index (χ0v) is 8.89. The summed E-state index contributed by atoms with van der Waals surface area (Å²) in [5.74, 6) is -0.119. The second-order valence-electron chi connectivity index (χ2n) is 3.58. The van der Waals surface area contributed by atoms with Gasteiger partial charge < -0.3 is 15.8 Å². The zero-order valence-electron chi connectivity index (χ0n) is 8.89. The molecule has 0 fully saturated rings. The van der Waals surface area contributed by atoms with Crippen molar-refractivity contribution in [3.05, 3.63) is 0 Å². The first-order valence-corrected chi connectivity index (χ1v) is 4.55. The number of carbonyl (C=O) groups excluding carboxylic acids is 1. The third kappa shape index (κ3) is 4.85. The maximum Gasteiger partial charge on any atom is 0.248 e. The van der Waals surface area contributed by atoms with Crippen molar-refractivity contribution in [3.8, 4) is 0 Å². The smallest absolute Gasteiger partial charge is 0.248 e. The molecule has 2 atom stereocenters. The van der Waals surface area contributed by atoms with Crippen molar-refractivity contribution in [2.75, 3.05) is 13.7 Å². The molecule has 1 amide bonds. The second-order valence-corrected chi connectivity index (χ2v) is 3.58. The number of amides is 1. The lowest BCUT2D eigenvalue weighted by Crippen LogP contribution is -2.43. The van der Waals surface area contributed by atoms with Crippen LogP contribution < -0.4 is 11.1 Å². The van der Waals surface area contributed by atoms with Gasteiger partial charge in [-0.05, 0) is 20.3 Å². The van der Waals surface area contributed by atoms with E-state index in [-0.39, 0.29) is 11.4 Å². The number of hydrogen-bond donors (Lipinski definition) is 2. The molecule has 2 unspecified atom stereocenters. The molecule has 0 aliphatic rings. The summed E-state index contributed by atoms with van der Waals surface area (Å²) < 4.78 is 5.31. The van der Waals surface area contributed by atoms with Crippen molar-refractivity contribution < 1.29 is 9.53 Å². The number of carbonyl (C=O) groups is 1. The first kappa shape index (κ1) is 12.4. The lowest BCUT2D eigenvalue weighted by Gasteiger charge is -2.24. The van der Waals surface area contributed by atoms with Gasteiger partial charge in [-0.2, -0.15) is 0 Å². The van der Waals surface area contributed by atoms with E-state index >= 15 is 0 Å². The normalized spacial score (nSPS) is 17.6. The largest absolute Gasteiger partial charge is 0.367 e. The Morgan fingerprint density at radius 2 is 2.23 bits per heavy atom. The highest BCUT2D eigenvalue weighted by Crippen LogP contribution is 2.06. The molecule has 3 N–H and O–H groups in total. The summed E-state index contributed by atoms with van der Waals surface area (Å²) in [4.78, 5) is 11.0. The SMILES string of the molecule is CCC(C)(N)COC(C)C(=O)NC. The second kappa shape index (κ2) is 5.19. The predicted molar refractivity (Wildman–Crippen MR) is 52.4 cm³/mol. The minimum Gasteiger partial charge on any atom is -0.367 e. The number of hydrogen-bond acceptors (Lipinski definition) is 3. The molecule has 78 valence electrons. The molecule has 0 saturated heterocycles. The molecule has 0 radical (unpaired) electrons. The van der Waals surface area contributed by atoms with Gasteiger partial charge in [-0.3, -0.25) is 4.79 Å². The fourth-order valence-corrected chi connectivity index (χ4v) is 0.696. The molecular weight excluding hydrogens is 168 g/mol. The average molecular weight is 188 g/mol. The van der Waals surface area contributed by atoms with Crippen LogP contribution in [0.5, 0.6) is 0 Å². The van der Waals surface area contributed by atoms with Crippen LogP contribution in [0.25, 0.3) is 0 Å². The van der Waals surface area contributed by atoms with Crippen LogP contribution in [0.4, 0.5) is 0 Å². The van der Waals surface area contributed by atoms with Crippen LogP contribution in [0, 0.1) is 0 Å². The van der Waals surface area contributed by atoms with Gasteiger partial charge in [-0.1, -0.05) is 6.92 Å². The topological polar surface area (TPSA) is 64.3 Å². The Hall–Kier alpha value is -0.610. The van der Waals surface area contributed by atoms with Gasteiger partial charge in [0.05, 0.1) is 6.61 Å². The molecule has 4 nitrogen and oxygen atoms in total. The summed E-state index contributed by atoms with van der Waals surface area (Å²) in [5, 5.41) is 2.51. The third-order valence-corrected chi connectivity index (χ3v) is 2.09. The summed E-state index contributed by atoms with van der Waals surface area (Å²) in [7, 11) is 1.59. The maximum absolute atomic E-state index is 11.0. The van der Waals surface area contributed by atoms with E-state index in [9.17, 15) is 4.79 Å². The van der Waals surface area contributed by atoms with E-state index in [1.807, 2.05) is 13.8 Å². The summed E-state index contributed by atoms with van der Waals surface area (Å²) in [5.41, 5.74) is 5.50. The number of nitrogens with two attached hydrogens (primary N) is 1. The Labute approximate surface area is 79.8 Å². The number of likely N-dealkylation sites (N-methyl/N-ethyl adjacent to an activating group) is 1. The maximum atomic E-state index is 11.0. The van der Waals surface area contributed by atoms with Crippen LogP contribution in [0.1, 0.15) is 27.2 Å². The minimum atomic E-state index is -0.431. The van der Waals surface area contributed by atoms with Crippen LogP contribution in [0.3, 0.4) is 0 Å². The Kier molecular flexibility index (Phi) is 4.95. The molecule has 0 spiro atoms. The van der Waals surface area contributed by atoms with Crippen molar-refractivity contribution >= 4 is 5.91 Å². The monoisotopic (exact) mass is 188 g/mol. The molecule has 0 bridgehead atoms. The Balaban J connectivity index is 3.82. The van der Waals surface area contributed by atoms with Crippen LogP contribution in [0.2, 0.25) is 0 Å². The molecule has 0 aromatic rings. The van der Waals surface area contributed by atoms with Crippen LogP contribution in [0.15, 0.2) is 0 Å². The third-order valence-electron chi connectivity index (χ3n) is 2.09. The molecule has 0 heterocycles. The van der Waals surface area contributed by atoms with E-state index in [2.05, 4.69) is 5.32 Å². The lowest BCUT2D eigenvalue weighted by atomic mass is 10.0. The highest BCUT2D eigenvalue weighted by atomic mass is 16.5. The fourth-order valence-electron chi connectivity index (χ4n) is 0.696. The quantitative estimate of drug-likeness (QED) is 0.650. The van der Waals surface area contributed by atoms with E-state index < -0.39 is 6.10 Å². The molecule has 0 rings (SSSR count). The van der Waals surface area contributed by atoms with Gasteiger partial charge in [0, 0.05) is 12.6 Å². The standard InChI is InChI=1S/C9H20N2O2/c1-5-9(3,10)6-13-7(2)8(12)11-4/h7H,5-6,10H2,1-4H3,(H,11,12). The fraction of sp³-hybridized carbons (Fsp3) is 0.889. The van der Waals surface area contributed by atoms with Crippen LogP contribution >= 0.6 is 0 Å². The van der Waals surface area contributed by atoms with Gasteiger partial charge in [0.1, 0.15) is 6.10 Å². The molecule has 0 aromatic carbocycles. The number of nitrogens with one attached hydrogen (secondary N) is 1. The van der Waals surface area contributed by atoms with Gasteiger partial charge in [-0.25, -0.2) is 0 Å². The molecule has 0 aliphatic heterocycles. The minimum absolute atomic E-state index is 0.119. The van der Waals surface area contributed by atoms with Crippen molar-refractivity contribution in [1.82, 2.24) is 5.32 Å². The number of ether oxygens (including phenoxy) is 1. The van der Waals surface area contributed by atoms with E-state index in [1.165, 1.54) is 0 Å². The van der Waals surface area contributed by atoms with Crippen molar-refractivity contribution in [2.24, 2.45) is 5.73 Å². The van der Waals surface area contributed by atoms with E-state index in [0.717, 1.165) is 6.42 Å². The highest BCUT2D eigenvalue weighted by Gasteiger charge is 2.19. The van der Waals surface area contributed by atoms with Crippen molar-refractivity contribution in [1.29, 1.82) is 0 Å². The van der Waals surface area contributed by atoms with Gasteiger partial charge in [0.15, 0.2) is 0 Å². The van der Waals surface area contributed by atoms with E-state index in [1.54, 1.807) is 14.0 Å². The molecule has 4 heteroatoms. The Morgan fingerprint density at radius 1 is 1.69 bits per heavy atom. The van der Waals surface area contributed by atoms with E-state index in [4.69, 9.17) is 10.5 Å². The molecule has 13 heavy (non-hydrogen) atoms. The van der Waals surface area contributed by atoms with Crippen molar-refractivity contribution in [2.45, 2.75) is 38.8 Å². The summed E-state index contributed by atoms with van der Waals surface area (Å²) in [6.45, 7) is 6.01. The van der Waals surface area contributed by atoms with Crippen molar-refractivity contribution in [3.63, 3.8) is 0 Å². The lowest BCUT2D eigenvalue weighted by molar-refractivity contribution is -0.132. The van der Waals surface area contributed by atoms with E-state index in [0.29, 0.717) is 6.61 Å². The van der Waals surface area contributed by atoms with Gasteiger partial charge in [-0.15, -0.1) is 0 Å². The molecule has 0 aliphatic carbocycles. The zero-order chi connectivity index (χ0) is 10.5. The summed E-state index contributed by atoms with van der Waals surface area (Å²) in [6, 6.07) is 0. The summed E-state index contributed by atoms with van der Waals surface area (Å²) >= 11 is 0. The Morgan fingerprint density at radius 3 is 2.62 bits per heavy atom. The van der Waals surface area contributed by atoms with Gasteiger partial charge in [0.2, 0.25) is 5.91 Å². The van der Waals surface area contributed by atoms with Gasteiger partial charge in [0.25, 0.3) is 0 Å². The molecular formula is C9H20N2O2. The van der Waals surface area contributed by atoms with Crippen LogP contribution in [-0.2, 0) is 9.53 Å². The highest BCUT2D eigenvalue weighted by molar-refractivity contribution is 5.79. The van der Waals surface area contributed by atoms with Crippen LogP contribution in [-0.4, -0.2) is 31.2 Å². The van der Waals surface area contributed by atoms with Gasteiger partial charge >= 0.3 is 0 Å².